The Hall–Kier alpha value is -2.21. The van der Waals surface area contributed by atoms with Crippen LogP contribution in [-0.4, -0.2) is 33.9 Å². The van der Waals surface area contributed by atoms with Crippen molar-refractivity contribution >= 4 is 23.2 Å². The lowest BCUT2D eigenvalue weighted by molar-refractivity contribution is 0.0680. The summed E-state index contributed by atoms with van der Waals surface area (Å²) < 4.78 is 0. The summed E-state index contributed by atoms with van der Waals surface area (Å²) in [5, 5.41) is 11.0. The summed E-state index contributed by atoms with van der Waals surface area (Å²) in [5.41, 5.74) is 0.0760. The molecule has 0 aliphatic carbocycles. The Morgan fingerprint density at radius 3 is 2.79 bits per heavy atom. The van der Waals surface area contributed by atoms with Crippen LogP contribution < -0.4 is 0 Å². The monoisotopic (exact) mass is 276 g/mol. The number of hydrogen-bond acceptors (Lipinski definition) is 4. The van der Waals surface area contributed by atoms with Crippen molar-refractivity contribution in [1.82, 2.24) is 9.88 Å². The minimum Gasteiger partial charge on any atom is -0.478 e. The molecule has 2 aromatic rings. The summed E-state index contributed by atoms with van der Waals surface area (Å²) >= 11 is 1.55. The number of rotatable bonds is 4. The van der Waals surface area contributed by atoms with E-state index in [0.717, 1.165) is 4.88 Å². The number of carboxylic acid groups (broad SMARTS) is 1. The Morgan fingerprint density at radius 1 is 1.37 bits per heavy atom. The van der Waals surface area contributed by atoms with Gasteiger partial charge in [0.15, 0.2) is 0 Å². The summed E-state index contributed by atoms with van der Waals surface area (Å²) in [6.45, 7) is 0.456. The third kappa shape index (κ3) is 2.97. The van der Waals surface area contributed by atoms with Crippen LogP contribution in [0, 0.1) is 0 Å². The van der Waals surface area contributed by atoms with Gasteiger partial charge in [-0.15, -0.1) is 11.3 Å². The minimum absolute atomic E-state index is 0.0782. The van der Waals surface area contributed by atoms with Crippen LogP contribution in [-0.2, 0) is 6.54 Å². The molecule has 6 heteroatoms. The van der Waals surface area contributed by atoms with E-state index in [-0.39, 0.29) is 17.0 Å². The van der Waals surface area contributed by atoms with Crippen LogP contribution in [0.1, 0.15) is 25.6 Å². The minimum atomic E-state index is -1.15. The number of carbonyl (C=O) groups excluding carboxylic acids is 1. The summed E-state index contributed by atoms with van der Waals surface area (Å²) in [5.74, 6) is -1.48. The number of aromatic nitrogens is 1. The number of amides is 1. The standard InChI is InChI=1S/C13H12N2O3S/c1-15(8-9-3-2-6-19-9)12(16)10-4-5-14-7-11(10)13(17)18/h2-7H,8H2,1H3,(H,17,18). The number of aromatic carboxylic acids is 1. The van der Waals surface area contributed by atoms with Crippen molar-refractivity contribution < 1.29 is 14.7 Å². The number of hydrogen-bond donors (Lipinski definition) is 1. The lowest BCUT2D eigenvalue weighted by atomic mass is 10.1. The predicted octanol–water partition coefficient (Wildman–Crippen LogP) is 2.11. The molecule has 0 atom stereocenters. The van der Waals surface area contributed by atoms with Gasteiger partial charge >= 0.3 is 5.97 Å². The number of thiophene rings is 1. The average Bonchev–Trinajstić information content (AvgIpc) is 2.90. The predicted molar refractivity (Wildman–Crippen MR) is 71.3 cm³/mol. The lowest BCUT2D eigenvalue weighted by Gasteiger charge is -2.17. The zero-order valence-electron chi connectivity index (χ0n) is 10.2. The third-order valence-corrected chi connectivity index (χ3v) is 3.46. The van der Waals surface area contributed by atoms with Crippen molar-refractivity contribution in [2.45, 2.75) is 6.54 Å². The molecule has 2 heterocycles. The zero-order valence-corrected chi connectivity index (χ0v) is 11.1. The molecule has 5 nitrogen and oxygen atoms in total. The first-order valence-electron chi connectivity index (χ1n) is 5.54. The largest absolute Gasteiger partial charge is 0.478 e. The molecule has 2 aromatic heterocycles. The second kappa shape index (κ2) is 5.62. The normalized spacial score (nSPS) is 10.2. The molecule has 2 rings (SSSR count). The van der Waals surface area contributed by atoms with E-state index in [9.17, 15) is 9.59 Å². The highest BCUT2D eigenvalue weighted by Crippen LogP contribution is 2.15. The first-order valence-corrected chi connectivity index (χ1v) is 6.42. The maximum atomic E-state index is 12.2. The lowest BCUT2D eigenvalue weighted by Crippen LogP contribution is -2.27. The van der Waals surface area contributed by atoms with Crippen LogP contribution in [0.2, 0.25) is 0 Å². The Labute approximate surface area is 114 Å². The van der Waals surface area contributed by atoms with E-state index >= 15 is 0 Å². The molecule has 0 unspecified atom stereocenters. The molecule has 98 valence electrons. The van der Waals surface area contributed by atoms with E-state index in [0.29, 0.717) is 6.54 Å². The first kappa shape index (κ1) is 13.2. The van der Waals surface area contributed by atoms with Crippen molar-refractivity contribution in [2.75, 3.05) is 7.05 Å². The molecular weight excluding hydrogens is 264 g/mol. The van der Waals surface area contributed by atoms with E-state index in [2.05, 4.69) is 4.98 Å². The van der Waals surface area contributed by atoms with Gasteiger partial charge in [-0.25, -0.2) is 4.79 Å². The van der Waals surface area contributed by atoms with E-state index in [1.807, 2.05) is 17.5 Å². The maximum Gasteiger partial charge on any atom is 0.338 e. The maximum absolute atomic E-state index is 12.2. The fraction of sp³-hybridized carbons (Fsp3) is 0.154. The van der Waals surface area contributed by atoms with Gasteiger partial charge in [0.1, 0.15) is 0 Å². The molecule has 19 heavy (non-hydrogen) atoms. The summed E-state index contributed by atoms with van der Waals surface area (Å²) in [6, 6.07) is 5.27. The molecule has 0 aliphatic rings. The van der Waals surface area contributed by atoms with Gasteiger partial charge in [-0.3, -0.25) is 9.78 Å². The molecule has 1 amide bonds. The van der Waals surface area contributed by atoms with Gasteiger partial charge in [0.2, 0.25) is 0 Å². The summed E-state index contributed by atoms with van der Waals surface area (Å²) in [4.78, 5) is 29.6. The van der Waals surface area contributed by atoms with Crippen LogP contribution in [0.4, 0.5) is 0 Å². The molecule has 0 aliphatic heterocycles. The summed E-state index contributed by atoms with van der Waals surface area (Å²) in [7, 11) is 1.65. The van der Waals surface area contributed by atoms with Gasteiger partial charge in [0.05, 0.1) is 17.7 Å². The van der Waals surface area contributed by atoms with Gasteiger partial charge < -0.3 is 10.0 Å². The van der Waals surface area contributed by atoms with Crippen LogP contribution in [0.25, 0.3) is 0 Å². The Morgan fingerprint density at radius 2 is 2.16 bits per heavy atom. The second-order valence-electron chi connectivity index (χ2n) is 3.97. The van der Waals surface area contributed by atoms with Crippen LogP contribution in [0.3, 0.4) is 0 Å². The number of nitrogens with zero attached hydrogens (tertiary/aromatic N) is 2. The Balaban J connectivity index is 2.22. The summed E-state index contributed by atoms with van der Waals surface area (Å²) in [6.07, 6.45) is 2.60. The van der Waals surface area contributed by atoms with E-state index in [1.165, 1.54) is 23.4 Å². The Bertz CT molecular complexity index is 596. The molecule has 0 aromatic carbocycles. The SMILES string of the molecule is CN(Cc1cccs1)C(=O)c1ccncc1C(=O)O. The average molecular weight is 276 g/mol. The quantitative estimate of drug-likeness (QED) is 0.928. The number of carbonyl (C=O) groups is 2. The van der Waals surface area contributed by atoms with E-state index < -0.39 is 5.97 Å². The van der Waals surface area contributed by atoms with E-state index in [4.69, 9.17) is 5.11 Å². The highest BCUT2D eigenvalue weighted by molar-refractivity contribution is 7.09. The number of carboxylic acids is 1. The fourth-order valence-electron chi connectivity index (χ4n) is 1.67. The highest BCUT2D eigenvalue weighted by Gasteiger charge is 2.19. The fourth-order valence-corrected chi connectivity index (χ4v) is 2.42. The molecular formula is C13H12N2O3S. The van der Waals surface area contributed by atoms with Gasteiger partial charge in [-0.05, 0) is 17.5 Å². The van der Waals surface area contributed by atoms with Crippen molar-refractivity contribution in [2.24, 2.45) is 0 Å². The highest BCUT2D eigenvalue weighted by atomic mass is 32.1. The van der Waals surface area contributed by atoms with E-state index in [1.54, 1.807) is 18.4 Å². The molecule has 0 saturated carbocycles. The zero-order chi connectivity index (χ0) is 13.8. The number of pyridine rings is 1. The van der Waals surface area contributed by atoms with Gasteiger partial charge in [0.25, 0.3) is 5.91 Å². The second-order valence-corrected chi connectivity index (χ2v) is 5.00. The van der Waals surface area contributed by atoms with Gasteiger partial charge in [0, 0.05) is 24.3 Å². The molecule has 0 spiro atoms. The van der Waals surface area contributed by atoms with Crippen molar-refractivity contribution in [3.8, 4) is 0 Å². The van der Waals surface area contributed by atoms with Crippen LogP contribution in [0.5, 0.6) is 0 Å². The molecule has 0 radical (unpaired) electrons. The first-order chi connectivity index (χ1) is 9.09. The molecule has 1 N–H and O–H groups in total. The van der Waals surface area contributed by atoms with Crippen LogP contribution in [0.15, 0.2) is 36.0 Å². The van der Waals surface area contributed by atoms with Crippen LogP contribution >= 0.6 is 11.3 Å². The van der Waals surface area contributed by atoms with Crippen molar-refractivity contribution in [1.29, 1.82) is 0 Å². The van der Waals surface area contributed by atoms with Crippen molar-refractivity contribution in [3.05, 3.63) is 52.0 Å². The van der Waals surface area contributed by atoms with Gasteiger partial charge in [-0.2, -0.15) is 0 Å². The molecule has 0 bridgehead atoms. The molecule has 0 fully saturated rings. The Kier molecular flexibility index (Phi) is 3.91. The van der Waals surface area contributed by atoms with Gasteiger partial charge in [-0.1, -0.05) is 6.07 Å². The molecule has 0 saturated heterocycles. The third-order valence-electron chi connectivity index (χ3n) is 2.60. The topological polar surface area (TPSA) is 70.5 Å². The van der Waals surface area contributed by atoms with Crippen molar-refractivity contribution in [3.63, 3.8) is 0 Å². The smallest absolute Gasteiger partial charge is 0.338 e.